The van der Waals surface area contributed by atoms with Gasteiger partial charge in [-0.05, 0) is 67.6 Å². The van der Waals surface area contributed by atoms with Crippen LogP contribution >= 0.6 is 11.8 Å². The largest absolute Gasteiger partial charge is 0.573 e. The molecule has 1 N–H and O–H groups in total. The minimum Gasteiger partial charge on any atom is -0.406 e. The van der Waals surface area contributed by atoms with Gasteiger partial charge in [0, 0.05) is 5.56 Å². The van der Waals surface area contributed by atoms with E-state index in [0.717, 1.165) is 40.8 Å². The van der Waals surface area contributed by atoms with Crippen LogP contribution in [0.25, 0.3) is 17.1 Å². The molecule has 4 aromatic rings. The summed E-state index contributed by atoms with van der Waals surface area (Å²) in [5.41, 5.74) is 4.21. The van der Waals surface area contributed by atoms with Crippen molar-refractivity contribution in [3.63, 3.8) is 0 Å². The number of carbonyl (C=O) groups excluding carboxylic acids is 2. The zero-order valence-electron chi connectivity index (χ0n) is 23.1. The Hall–Kier alpha value is -4.65. The molecule has 6 rings (SSSR count). The van der Waals surface area contributed by atoms with Crippen molar-refractivity contribution >= 4 is 34.6 Å². The SMILES string of the molecule is Cc1cccc(C)c1N1C(=O)CSC1=NC(=O)NC1(c2ccc(-c3ncn(-c4ccc(OC(F)(F)F)cc4)n3)cc2)CC1. The predicted octanol–water partition coefficient (Wildman–Crippen LogP) is 6.28. The van der Waals surface area contributed by atoms with E-state index in [2.05, 4.69) is 25.1 Å². The number of rotatable bonds is 6. The molecule has 3 amide bonds. The van der Waals surface area contributed by atoms with Crippen LogP contribution in [0.2, 0.25) is 0 Å². The number of aliphatic imine (C=N–C) groups is 1. The van der Waals surface area contributed by atoms with Crippen molar-refractivity contribution in [2.75, 3.05) is 10.7 Å². The van der Waals surface area contributed by atoms with E-state index in [1.807, 2.05) is 56.3 Å². The van der Waals surface area contributed by atoms with Gasteiger partial charge in [-0.15, -0.1) is 18.3 Å². The molecule has 0 spiro atoms. The Morgan fingerprint density at radius 3 is 2.33 bits per heavy atom. The molecule has 0 radical (unpaired) electrons. The fourth-order valence-electron chi connectivity index (χ4n) is 5.01. The van der Waals surface area contributed by atoms with E-state index < -0.39 is 17.9 Å². The summed E-state index contributed by atoms with van der Waals surface area (Å²) in [6.45, 7) is 3.85. The fourth-order valence-corrected chi connectivity index (χ4v) is 5.86. The summed E-state index contributed by atoms with van der Waals surface area (Å²) in [6.07, 6.45) is -1.80. The summed E-state index contributed by atoms with van der Waals surface area (Å²) in [7, 11) is 0. The van der Waals surface area contributed by atoms with E-state index in [4.69, 9.17) is 0 Å². The second-order valence-electron chi connectivity index (χ2n) is 10.3. The molecule has 2 heterocycles. The number of urea groups is 1. The number of para-hydroxylation sites is 1. The van der Waals surface area contributed by atoms with Crippen molar-refractivity contribution in [3.8, 4) is 22.8 Å². The molecule has 0 unspecified atom stereocenters. The van der Waals surface area contributed by atoms with E-state index in [1.165, 1.54) is 51.9 Å². The van der Waals surface area contributed by atoms with Crippen molar-refractivity contribution in [2.45, 2.75) is 38.6 Å². The summed E-state index contributed by atoms with van der Waals surface area (Å²) in [4.78, 5) is 35.9. The first-order valence-electron chi connectivity index (χ1n) is 13.3. The van der Waals surface area contributed by atoms with Crippen molar-refractivity contribution < 1.29 is 27.5 Å². The monoisotopic (exact) mass is 606 g/mol. The minimum absolute atomic E-state index is 0.116. The zero-order chi connectivity index (χ0) is 30.4. The number of amides is 3. The first kappa shape index (κ1) is 28.5. The second kappa shape index (κ2) is 10.9. The smallest absolute Gasteiger partial charge is 0.406 e. The van der Waals surface area contributed by atoms with E-state index in [1.54, 1.807) is 0 Å². The maximum atomic E-state index is 13.1. The van der Waals surface area contributed by atoms with Gasteiger partial charge in [-0.1, -0.05) is 54.2 Å². The quantitative estimate of drug-likeness (QED) is 0.277. The molecule has 0 atom stereocenters. The molecule has 2 aliphatic rings. The Morgan fingerprint density at radius 2 is 1.70 bits per heavy atom. The highest BCUT2D eigenvalue weighted by atomic mass is 32.2. The topological polar surface area (TPSA) is 102 Å². The zero-order valence-corrected chi connectivity index (χ0v) is 23.9. The van der Waals surface area contributed by atoms with Gasteiger partial charge in [0.05, 0.1) is 22.7 Å². The number of ether oxygens (including phenoxy) is 1. The predicted molar refractivity (Wildman–Crippen MR) is 156 cm³/mol. The number of halogens is 3. The number of anilines is 1. The third-order valence-corrected chi connectivity index (χ3v) is 8.17. The van der Waals surface area contributed by atoms with Crippen molar-refractivity contribution in [2.24, 2.45) is 4.99 Å². The maximum Gasteiger partial charge on any atom is 0.573 e. The van der Waals surface area contributed by atoms with Gasteiger partial charge in [0.1, 0.15) is 12.1 Å². The maximum absolute atomic E-state index is 13.1. The summed E-state index contributed by atoms with van der Waals surface area (Å²) in [5, 5.41) is 7.83. The Balaban J connectivity index is 1.14. The molecule has 1 saturated carbocycles. The number of thioether (sulfide) groups is 1. The summed E-state index contributed by atoms with van der Waals surface area (Å²) in [5.74, 6) is 0.202. The Bertz CT molecular complexity index is 1710. The molecule has 1 aromatic heterocycles. The summed E-state index contributed by atoms with van der Waals surface area (Å²) < 4.78 is 42.6. The number of benzene rings is 3. The lowest BCUT2D eigenvalue weighted by Gasteiger charge is -2.21. The highest BCUT2D eigenvalue weighted by Gasteiger charge is 2.46. The number of nitrogens with zero attached hydrogens (tertiary/aromatic N) is 5. The van der Waals surface area contributed by atoms with Crippen molar-refractivity contribution in [3.05, 3.63) is 89.7 Å². The molecule has 9 nitrogen and oxygen atoms in total. The molecule has 2 fully saturated rings. The van der Waals surface area contributed by atoms with Gasteiger partial charge in [-0.25, -0.2) is 14.5 Å². The average molecular weight is 607 g/mol. The molecule has 43 heavy (non-hydrogen) atoms. The lowest BCUT2D eigenvalue weighted by molar-refractivity contribution is -0.274. The Morgan fingerprint density at radius 1 is 1.02 bits per heavy atom. The van der Waals surface area contributed by atoms with E-state index in [-0.39, 0.29) is 17.4 Å². The molecule has 0 bridgehead atoms. The summed E-state index contributed by atoms with van der Waals surface area (Å²) in [6, 6.07) is 18.1. The van der Waals surface area contributed by atoms with Gasteiger partial charge >= 0.3 is 12.4 Å². The van der Waals surface area contributed by atoms with Crippen molar-refractivity contribution in [1.82, 2.24) is 20.1 Å². The molecule has 1 aliphatic carbocycles. The molecule has 220 valence electrons. The first-order valence-corrected chi connectivity index (χ1v) is 14.3. The van der Waals surface area contributed by atoms with Crippen LogP contribution in [-0.2, 0) is 10.3 Å². The lowest BCUT2D eigenvalue weighted by Crippen LogP contribution is -2.36. The standard InChI is InChI=1S/C30H25F3N6O3S/c1-18-4-3-5-19(2)25(18)39-24(40)16-43-28(39)35-27(41)36-29(14-15-29)21-8-6-20(7-9-21)26-34-17-38(37-26)22-10-12-23(13-11-22)42-30(31,32)33/h3-13,17H,14-16H2,1-2H3,(H,36,41). The van der Waals surface area contributed by atoms with Gasteiger partial charge in [0.15, 0.2) is 11.0 Å². The van der Waals surface area contributed by atoms with Gasteiger partial charge in [0.25, 0.3) is 0 Å². The molecular weight excluding hydrogens is 581 g/mol. The second-order valence-corrected chi connectivity index (χ2v) is 11.2. The fraction of sp³-hybridized carbons (Fsp3) is 0.233. The number of amidine groups is 1. The third-order valence-electron chi connectivity index (χ3n) is 7.24. The van der Waals surface area contributed by atoms with Gasteiger partial charge in [-0.2, -0.15) is 4.99 Å². The molecule has 1 aliphatic heterocycles. The van der Waals surface area contributed by atoms with Crippen LogP contribution in [0.3, 0.4) is 0 Å². The molecular formula is C30H25F3N6O3S. The lowest BCUT2D eigenvalue weighted by atomic mass is 10.0. The number of aromatic nitrogens is 3. The van der Waals surface area contributed by atoms with Crippen LogP contribution in [0, 0.1) is 13.8 Å². The molecule has 13 heteroatoms. The first-order chi connectivity index (χ1) is 20.5. The Kier molecular flexibility index (Phi) is 7.20. The number of aryl methyl sites for hydroxylation is 2. The van der Waals surface area contributed by atoms with Gasteiger partial charge in [-0.3, -0.25) is 9.69 Å². The molecule has 1 saturated heterocycles. The van der Waals surface area contributed by atoms with Crippen LogP contribution in [0.4, 0.5) is 23.7 Å². The molecule has 3 aromatic carbocycles. The van der Waals surface area contributed by atoms with Gasteiger partial charge in [0.2, 0.25) is 5.91 Å². The van der Waals surface area contributed by atoms with E-state index >= 15 is 0 Å². The van der Waals surface area contributed by atoms with E-state index in [0.29, 0.717) is 16.7 Å². The minimum atomic E-state index is -4.76. The number of alkyl halides is 3. The Labute approximate surface area is 248 Å². The van der Waals surface area contributed by atoms with Crippen LogP contribution in [-0.4, -0.2) is 44.0 Å². The van der Waals surface area contributed by atoms with Crippen molar-refractivity contribution in [1.29, 1.82) is 0 Å². The number of carbonyl (C=O) groups is 2. The van der Waals surface area contributed by atoms with Crippen LogP contribution in [0.1, 0.15) is 29.5 Å². The van der Waals surface area contributed by atoms with Gasteiger partial charge < -0.3 is 10.1 Å². The normalized spacial score (nSPS) is 16.9. The van der Waals surface area contributed by atoms with E-state index in [9.17, 15) is 22.8 Å². The number of hydrogen-bond acceptors (Lipinski definition) is 6. The number of hydrogen-bond donors (Lipinski definition) is 1. The highest BCUT2D eigenvalue weighted by Crippen LogP contribution is 2.46. The van der Waals surface area contributed by atoms with Crippen LogP contribution in [0.15, 0.2) is 78.0 Å². The van der Waals surface area contributed by atoms with Crippen LogP contribution in [0.5, 0.6) is 5.75 Å². The average Bonchev–Trinajstić information content (AvgIpc) is 3.40. The van der Waals surface area contributed by atoms with Crippen LogP contribution < -0.4 is 15.0 Å². The number of nitrogens with one attached hydrogen (secondary N) is 1. The third kappa shape index (κ3) is 5.98. The summed E-state index contributed by atoms with van der Waals surface area (Å²) >= 11 is 1.24. The highest BCUT2D eigenvalue weighted by molar-refractivity contribution is 8.15.